The van der Waals surface area contributed by atoms with Crippen molar-refractivity contribution in [2.75, 3.05) is 5.32 Å². The van der Waals surface area contributed by atoms with E-state index in [0.29, 0.717) is 21.3 Å². The van der Waals surface area contributed by atoms with E-state index in [9.17, 15) is 9.18 Å². The van der Waals surface area contributed by atoms with Gasteiger partial charge in [0.2, 0.25) is 0 Å². The first-order valence-electron chi connectivity index (χ1n) is 5.85. The molecule has 1 amide bonds. The van der Waals surface area contributed by atoms with Crippen LogP contribution in [0.3, 0.4) is 0 Å². The van der Waals surface area contributed by atoms with E-state index in [4.69, 9.17) is 10.9 Å². The summed E-state index contributed by atoms with van der Waals surface area (Å²) in [6.07, 6.45) is 0. The minimum absolute atomic E-state index is 0.0351. The summed E-state index contributed by atoms with van der Waals surface area (Å²) in [7, 11) is 0. The minimum Gasteiger partial charge on any atom is -0.409 e. The average Bonchev–Trinajstić information content (AvgIpc) is 2.49. The lowest BCUT2D eigenvalue weighted by Crippen LogP contribution is -2.15. The summed E-state index contributed by atoms with van der Waals surface area (Å²) in [5.41, 5.74) is 6.83. The monoisotopic (exact) mass is 351 g/mol. The number of nitrogens with zero attached hydrogens (tertiary/aromatic N) is 1. The maximum atomic E-state index is 12.8. The van der Waals surface area contributed by atoms with Gasteiger partial charge >= 0.3 is 0 Å². The molecular weight excluding hydrogens is 341 g/mol. The Bertz CT molecular complexity index is 702. The molecule has 0 aliphatic carbocycles. The molecule has 2 aromatic rings. The first-order chi connectivity index (χ1) is 10.0. The Labute approximate surface area is 128 Å². The standard InChI is InChI=1S/C14H11BrFN3O2/c15-11-7-9(13(17)19-21)3-6-12(11)18-14(20)8-1-4-10(16)5-2-8/h1-7,21H,(H2,17,19)(H,18,20). The number of benzene rings is 2. The molecule has 2 aromatic carbocycles. The molecule has 0 heterocycles. The number of hydrogen-bond acceptors (Lipinski definition) is 3. The quantitative estimate of drug-likeness (QED) is 0.344. The van der Waals surface area contributed by atoms with Crippen molar-refractivity contribution in [3.8, 4) is 0 Å². The summed E-state index contributed by atoms with van der Waals surface area (Å²) < 4.78 is 13.4. The lowest BCUT2D eigenvalue weighted by Gasteiger charge is -2.09. The van der Waals surface area contributed by atoms with E-state index in [2.05, 4.69) is 26.4 Å². The second kappa shape index (κ2) is 6.36. The number of carbonyl (C=O) groups excluding carboxylic acids is 1. The van der Waals surface area contributed by atoms with Gasteiger partial charge in [0.1, 0.15) is 5.82 Å². The molecule has 0 saturated heterocycles. The highest BCUT2D eigenvalue weighted by Crippen LogP contribution is 2.24. The summed E-state index contributed by atoms with van der Waals surface area (Å²) >= 11 is 3.29. The van der Waals surface area contributed by atoms with Crippen molar-refractivity contribution in [2.24, 2.45) is 10.9 Å². The van der Waals surface area contributed by atoms with Gasteiger partial charge in [-0.1, -0.05) is 5.16 Å². The van der Waals surface area contributed by atoms with Crippen molar-refractivity contribution in [3.05, 3.63) is 63.9 Å². The molecule has 0 aliphatic rings. The van der Waals surface area contributed by atoms with Crippen LogP contribution in [0.15, 0.2) is 52.1 Å². The predicted octanol–water partition coefficient (Wildman–Crippen LogP) is 2.94. The topological polar surface area (TPSA) is 87.7 Å². The van der Waals surface area contributed by atoms with E-state index in [1.54, 1.807) is 18.2 Å². The second-order valence-electron chi connectivity index (χ2n) is 4.14. The number of nitrogens with one attached hydrogen (secondary N) is 1. The zero-order chi connectivity index (χ0) is 15.4. The molecule has 0 bridgehead atoms. The Morgan fingerprint density at radius 2 is 1.81 bits per heavy atom. The van der Waals surface area contributed by atoms with Crippen LogP contribution in [0.4, 0.5) is 10.1 Å². The van der Waals surface area contributed by atoms with Crippen LogP contribution in [-0.2, 0) is 0 Å². The number of carbonyl (C=O) groups is 1. The van der Waals surface area contributed by atoms with Crippen LogP contribution < -0.4 is 11.1 Å². The van der Waals surface area contributed by atoms with E-state index in [-0.39, 0.29) is 11.7 Å². The van der Waals surface area contributed by atoms with Gasteiger partial charge in [-0.15, -0.1) is 0 Å². The van der Waals surface area contributed by atoms with Gasteiger partial charge in [-0.2, -0.15) is 0 Å². The third kappa shape index (κ3) is 3.57. The largest absolute Gasteiger partial charge is 0.409 e. The molecule has 108 valence electrons. The van der Waals surface area contributed by atoms with E-state index in [1.165, 1.54) is 24.3 Å². The summed E-state index contributed by atoms with van der Waals surface area (Å²) in [4.78, 5) is 12.0. The van der Waals surface area contributed by atoms with E-state index in [0.717, 1.165) is 0 Å². The normalized spacial score (nSPS) is 11.2. The first kappa shape index (κ1) is 15.0. The fraction of sp³-hybridized carbons (Fsp3) is 0. The zero-order valence-corrected chi connectivity index (χ0v) is 12.3. The second-order valence-corrected chi connectivity index (χ2v) is 5.00. The molecule has 0 saturated carbocycles. The smallest absolute Gasteiger partial charge is 0.255 e. The van der Waals surface area contributed by atoms with Crippen molar-refractivity contribution in [2.45, 2.75) is 0 Å². The van der Waals surface area contributed by atoms with Crippen LogP contribution in [0.5, 0.6) is 0 Å². The van der Waals surface area contributed by atoms with Crippen molar-refractivity contribution >= 4 is 33.4 Å². The summed E-state index contributed by atoms with van der Waals surface area (Å²) in [5, 5.41) is 14.2. The van der Waals surface area contributed by atoms with Gasteiger partial charge < -0.3 is 16.3 Å². The molecule has 0 atom stereocenters. The van der Waals surface area contributed by atoms with Crippen molar-refractivity contribution < 1.29 is 14.4 Å². The Kier molecular flexibility index (Phi) is 4.54. The van der Waals surface area contributed by atoms with Crippen LogP contribution in [0.2, 0.25) is 0 Å². The van der Waals surface area contributed by atoms with Gasteiger partial charge in [0, 0.05) is 15.6 Å². The molecule has 0 fully saturated rings. The van der Waals surface area contributed by atoms with E-state index >= 15 is 0 Å². The maximum absolute atomic E-state index is 12.8. The fourth-order valence-electron chi connectivity index (χ4n) is 1.63. The number of amidine groups is 1. The molecule has 21 heavy (non-hydrogen) atoms. The molecule has 0 spiro atoms. The maximum Gasteiger partial charge on any atom is 0.255 e. The van der Waals surface area contributed by atoms with Crippen LogP contribution >= 0.6 is 15.9 Å². The van der Waals surface area contributed by atoms with Gasteiger partial charge in [0.15, 0.2) is 5.84 Å². The van der Waals surface area contributed by atoms with Crippen molar-refractivity contribution in [3.63, 3.8) is 0 Å². The number of oxime groups is 1. The molecule has 2 rings (SSSR count). The highest BCUT2D eigenvalue weighted by Gasteiger charge is 2.10. The Morgan fingerprint density at radius 1 is 1.19 bits per heavy atom. The predicted molar refractivity (Wildman–Crippen MR) is 81.0 cm³/mol. The molecule has 5 nitrogen and oxygen atoms in total. The summed E-state index contributed by atoms with van der Waals surface area (Å²) in [6, 6.07) is 10.0. The third-order valence-corrected chi connectivity index (χ3v) is 3.38. The number of amides is 1. The lowest BCUT2D eigenvalue weighted by molar-refractivity contribution is 0.102. The number of halogens is 2. The van der Waals surface area contributed by atoms with Crippen LogP contribution in [0, 0.1) is 5.82 Å². The Morgan fingerprint density at radius 3 is 2.38 bits per heavy atom. The van der Waals surface area contributed by atoms with Crippen LogP contribution in [0.1, 0.15) is 15.9 Å². The SMILES string of the molecule is N/C(=N/O)c1ccc(NC(=O)c2ccc(F)cc2)c(Br)c1. The molecule has 4 N–H and O–H groups in total. The Hall–Kier alpha value is -2.41. The number of rotatable bonds is 3. The summed E-state index contributed by atoms with van der Waals surface area (Å²) in [6.45, 7) is 0. The minimum atomic E-state index is -0.407. The van der Waals surface area contributed by atoms with Gasteiger partial charge in [0.25, 0.3) is 5.91 Å². The van der Waals surface area contributed by atoms with Crippen LogP contribution in [0.25, 0.3) is 0 Å². The third-order valence-electron chi connectivity index (χ3n) is 2.73. The highest BCUT2D eigenvalue weighted by atomic mass is 79.9. The first-order valence-corrected chi connectivity index (χ1v) is 6.65. The molecule has 0 aromatic heterocycles. The van der Waals surface area contributed by atoms with Gasteiger partial charge in [0.05, 0.1) is 5.69 Å². The number of nitrogens with two attached hydrogens (primary N) is 1. The average molecular weight is 352 g/mol. The molecule has 0 unspecified atom stereocenters. The zero-order valence-electron chi connectivity index (χ0n) is 10.7. The van der Waals surface area contributed by atoms with E-state index in [1.807, 2.05) is 0 Å². The van der Waals surface area contributed by atoms with Gasteiger partial charge in [-0.25, -0.2) is 4.39 Å². The summed E-state index contributed by atoms with van der Waals surface area (Å²) in [5.74, 6) is -0.810. The molecular formula is C14H11BrFN3O2. The van der Waals surface area contributed by atoms with Gasteiger partial charge in [-0.3, -0.25) is 4.79 Å². The Balaban J connectivity index is 2.20. The lowest BCUT2D eigenvalue weighted by atomic mass is 10.1. The molecule has 7 heteroatoms. The van der Waals surface area contributed by atoms with Gasteiger partial charge in [-0.05, 0) is 58.4 Å². The molecule has 0 aliphatic heterocycles. The number of anilines is 1. The van der Waals surface area contributed by atoms with Crippen molar-refractivity contribution in [1.82, 2.24) is 0 Å². The van der Waals surface area contributed by atoms with E-state index < -0.39 is 5.82 Å². The fourth-order valence-corrected chi connectivity index (χ4v) is 2.11. The van der Waals surface area contributed by atoms with Crippen LogP contribution in [-0.4, -0.2) is 17.0 Å². The molecule has 0 radical (unpaired) electrons. The van der Waals surface area contributed by atoms with Crippen molar-refractivity contribution in [1.29, 1.82) is 0 Å². The highest BCUT2D eigenvalue weighted by molar-refractivity contribution is 9.10. The number of hydrogen-bond donors (Lipinski definition) is 3.